The van der Waals surface area contributed by atoms with E-state index in [9.17, 15) is 86.5 Å². The summed E-state index contributed by atoms with van der Waals surface area (Å²) in [5.41, 5.74) is 8.18. The van der Waals surface area contributed by atoms with Gasteiger partial charge in [-0.25, -0.2) is 4.99 Å². The molecule has 37 nitrogen and oxygen atoms in total. The van der Waals surface area contributed by atoms with E-state index < -0.39 is 247 Å². The first-order valence-corrected chi connectivity index (χ1v) is 33.6. The van der Waals surface area contributed by atoms with Crippen LogP contribution in [-0.2, 0) is 66.1 Å². The number of aliphatic imine (C=N–C) groups is 1. The second-order valence-electron chi connectivity index (χ2n) is 27.1. The van der Waals surface area contributed by atoms with E-state index in [1.165, 1.54) is 29.2 Å². The molecule has 0 aromatic heterocycles. The van der Waals surface area contributed by atoms with Gasteiger partial charge in [0.1, 0.15) is 121 Å². The fourth-order valence-electron chi connectivity index (χ4n) is 13.3. The summed E-state index contributed by atoms with van der Waals surface area (Å²) >= 11 is 0. The SMILES string of the molecule is CCC(c1ccccc1)C1NC(=O)CNC(=O)C(CO)NC(=O)C(C(O)C2CN(Cc3ccc(C(C)(C)C)cc3)C(=N)N2C2OC(CO)C(O)C(O)C2O)NC(=O)C(CO)N(C2CN=C(N)N2)C(=O)C(Cc2ccc(OC3OC(CO)C(OC4OC(CO)C(O)C(O)C4O)C(O)C3O)cc2)NC1=O. The standard InChI is InChI=1S/C66H94N12O25/c1-5-34(31-9-7-6-8-10-31)44-58(96)71-35(19-29-13-17-33(18-14-29)99-62-54(93)51(90)55(41(28-83)102-62)103-63-53(92)50(89)48(87)40(27-82)101-63)60(98)77(42-20-70-64(67)73-42)38(25-80)57(95)75-45(59(97)72-36(24-79)56(94)69-21-43(84)74-44)46(85)37-23-76(22-30-11-15-32(16-12-30)66(2,3)4)65(68)78(37)61-52(91)49(88)47(86)39(26-81)100-61/h6-18,34-42,44-55,61-63,68,79-83,85-93H,5,19-28H2,1-4H3,(H,69,94)(H,71,96)(H,72,97)(H,74,84)(H,75,95)(H3,67,70,73). The van der Waals surface area contributed by atoms with E-state index in [4.69, 9.17) is 29.4 Å². The van der Waals surface area contributed by atoms with Gasteiger partial charge >= 0.3 is 0 Å². The van der Waals surface area contributed by atoms with Gasteiger partial charge in [-0.3, -0.25) is 34.2 Å². The molecule has 0 aliphatic carbocycles. The molecule has 37 heteroatoms. The van der Waals surface area contributed by atoms with Crippen molar-refractivity contribution in [1.82, 2.24) is 46.6 Å². The Morgan fingerprint density at radius 3 is 1.81 bits per heavy atom. The van der Waals surface area contributed by atoms with E-state index in [-0.39, 0.29) is 35.7 Å². The Labute approximate surface area is 590 Å². The number of aliphatic hydroxyl groups excluding tert-OH is 14. The van der Waals surface area contributed by atoms with E-state index in [2.05, 4.69) is 36.9 Å². The minimum Gasteiger partial charge on any atom is -0.462 e. The largest absolute Gasteiger partial charge is 0.462 e. The average molecular weight is 1460 g/mol. The zero-order valence-corrected chi connectivity index (χ0v) is 56.8. The van der Waals surface area contributed by atoms with Crippen molar-refractivity contribution in [3.63, 3.8) is 0 Å². The van der Waals surface area contributed by atoms with Crippen LogP contribution in [-0.4, -0.2) is 327 Å². The van der Waals surface area contributed by atoms with Gasteiger partial charge in [0, 0.05) is 25.4 Å². The number of carbonyl (C=O) groups is 6. The summed E-state index contributed by atoms with van der Waals surface area (Å²) in [4.78, 5) is 97.4. The molecule has 568 valence electrons. The van der Waals surface area contributed by atoms with E-state index >= 15 is 19.2 Å². The molecular formula is C66H94N12O25. The summed E-state index contributed by atoms with van der Waals surface area (Å²) < 4.78 is 28.7. The lowest BCUT2D eigenvalue weighted by Crippen LogP contribution is -2.69. The van der Waals surface area contributed by atoms with Crippen molar-refractivity contribution in [2.24, 2.45) is 10.7 Å². The van der Waals surface area contributed by atoms with Crippen LogP contribution in [0.4, 0.5) is 0 Å². The summed E-state index contributed by atoms with van der Waals surface area (Å²) in [5, 5.41) is 178. The molecule has 6 aliphatic heterocycles. The lowest BCUT2D eigenvalue weighted by Gasteiger charge is -2.46. The van der Waals surface area contributed by atoms with Crippen LogP contribution in [0.3, 0.4) is 0 Å². The third-order valence-electron chi connectivity index (χ3n) is 19.2. The van der Waals surface area contributed by atoms with E-state index in [1.54, 1.807) is 49.4 Å². The summed E-state index contributed by atoms with van der Waals surface area (Å²) in [6.07, 6.45) is -31.4. The number of ether oxygens (including phenoxy) is 5. The number of amides is 6. The third kappa shape index (κ3) is 17.7. The Bertz CT molecular complexity index is 3430. The van der Waals surface area contributed by atoms with Gasteiger partial charge in [0.15, 0.2) is 24.4 Å². The van der Waals surface area contributed by atoms with Crippen LogP contribution >= 0.6 is 0 Å². The smallest absolute Gasteiger partial charge is 0.247 e. The van der Waals surface area contributed by atoms with Crippen LogP contribution < -0.4 is 42.4 Å². The van der Waals surface area contributed by atoms with Gasteiger partial charge in [0.2, 0.25) is 41.7 Å². The quantitative estimate of drug-likeness (QED) is 0.0499. The highest BCUT2D eigenvalue weighted by atomic mass is 16.7. The zero-order valence-electron chi connectivity index (χ0n) is 56.8. The van der Waals surface area contributed by atoms with Crippen LogP contribution in [0.25, 0.3) is 0 Å². The molecule has 23 N–H and O–H groups in total. The number of nitrogens with two attached hydrogens (primary N) is 1. The van der Waals surface area contributed by atoms with Crippen molar-refractivity contribution in [3.05, 3.63) is 101 Å². The molecule has 103 heavy (non-hydrogen) atoms. The molecule has 0 radical (unpaired) electrons. The van der Waals surface area contributed by atoms with Crippen LogP contribution in [0.5, 0.6) is 5.75 Å². The number of rotatable bonds is 20. The normalized spacial score (nSPS) is 34.6. The first kappa shape index (κ1) is 79.2. The third-order valence-corrected chi connectivity index (χ3v) is 19.2. The maximum atomic E-state index is 16.0. The maximum absolute atomic E-state index is 16.0. The minimum atomic E-state index is -2.39. The van der Waals surface area contributed by atoms with Crippen molar-refractivity contribution in [2.45, 2.75) is 199 Å². The Morgan fingerprint density at radius 2 is 1.21 bits per heavy atom. The second kappa shape index (κ2) is 34.3. The van der Waals surface area contributed by atoms with Crippen LogP contribution in [0.15, 0.2) is 83.9 Å². The van der Waals surface area contributed by atoms with Crippen LogP contribution in [0, 0.1) is 5.41 Å². The first-order chi connectivity index (χ1) is 49.0. The lowest BCUT2D eigenvalue weighted by atomic mass is 9.87. The monoisotopic (exact) mass is 1450 g/mol. The topological polar surface area (TPSA) is 576 Å². The summed E-state index contributed by atoms with van der Waals surface area (Å²) in [6, 6.07) is 9.46. The van der Waals surface area contributed by atoms with Crippen LogP contribution in [0.2, 0.25) is 0 Å². The number of hydrogen-bond acceptors (Lipinski definition) is 29. The van der Waals surface area contributed by atoms with Gasteiger partial charge in [-0.2, -0.15) is 0 Å². The highest BCUT2D eigenvalue weighted by Gasteiger charge is 2.56. The van der Waals surface area contributed by atoms with E-state index in [0.29, 0.717) is 11.1 Å². The summed E-state index contributed by atoms with van der Waals surface area (Å²) in [5.74, 6) is -8.96. The number of nitrogens with one attached hydrogen (secondary N) is 7. The molecule has 5 fully saturated rings. The lowest BCUT2D eigenvalue weighted by molar-refractivity contribution is -0.352. The molecule has 24 atom stereocenters. The Hall–Kier alpha value is -7.90. The fourth-order valence-corrected chi connectivity index (χ4v) is 13.3. The summed E-state index contributed by atoms with van der Waals surface area (Å²) in [7, 11) is 0. The molecule has 0 spiro atoms. The molecule has 3 aromatic rings. The Kier molecular flexibility index (Phi) is 26.4. The number of aliphatic hydroxyl groups is 14. The van der Waals surface area contributed by atoms with Crippen molar-refractivity contribution in [2.75, 3.05) is 52.7 Å². The van der Waals surface area contributed by atoms with Crippen molar-refractivity contribution in [1.29, 1.82) is 5.41 Å². The molecule has 6 heterocycles. The van der Waals surface area contributed by atoms with Gasteiger partial charge in [-0.05, 0) is 46.2 Å². The average Bonchev–Trinajstić information content (AvgIpc) is 1.66. The highest BCUT2D eigenvalue weighted by Crippen LogP contribution is 2.35. The summed E-state index contributed by atoms with van der Waals surface area (Å²) in [6.45, 7) is 0.692. The Balaban J connectivity index is 1.07. The number of nitrogens with zero attached hydrogens (tertiary/aromatic N) is 4. The predicted molar refractivity (Wildman–Crippen MR) is 354 cm³/mol. The first-order valence-electron chi connectivity index (χ1n) is 33.6. The van der Waals surface area contributed by atoms with Gasteiger partial charge in [-0.15, -0.1) is 0 Å². The van der Waals surface area contributed by atoms with Crippen molar-refractivity contribution in [3.8, 4) is 5.75 Å². The number of benzene rings is 3. The molecule has 0 bridgehead atoms. The van der Waals surface area contributed by atoms with Crippen molar-refractivity contribution < 1.29 is 124 Å². The molecule has 6 aliphatic rings. The van der Waals surface area contributed by atoms with Gasteiger partial charge < -0.3 is 148 Å². The molecule has 6 amide bonds. The number of hydrogen-bond donors (Lipinski definition) is 22. The minimum absolute atomic E-state index is 0.0783. The number of guanidine groups is 2. The van der Waals surface area contributed by atoms with E-state index in [1.807, 2.05) is 32.9 Å². The highest BCUT2D eigenvalue weighted by molar-refractivity contribution is 5.99. The van der Waals surface area contributed by atoms with Gasteiger partial charge in [0.05, 0.1) is 52.2 Å². The van der Waals surface area contributed by atoms with Gasteiger partial charge in [-0.1, -0.05) is 94.4 Å². The van der Waals surface area contributed by atoms with Crippen LogP contribution in [0.1, 0.15) is 62.3 Å². The van der Waals surface area contributed by atoms with E-state index in [0.717, 1.165) is 15.4 Å². The molecule has 9 rings (SSSR count). The maximum Gasteiger partial charge on any atom is 0.247 e. The van der Waals surface area contributed by atoms with Gasteiger partial charge in [0.25, 0.3) is 0 Å². The molecule has 3 aromatic carbocycles. The van der Waals surface area contributed by atoms with Crippen molar-refractivity contribution >= 4 is 47.4 Å². The fraction of sp³-hybridized carbons (Fsp3) is 0.606. The predicted octanol–water partition coefficient (Wildman–Crippen LogP) is -9.50. The Morgan fingerprint density at radius 1 is 0.621 bits per heavy atom. The molecule has 24 unspecified atom stereocenters. The molecular weight excluding hydrogens is 1360 g/mol. The molecule has 0 saturated carbocycles. The zero-order chi connectivity index (χ0) is 75.0. The second-order valence-corrected chi connectivity index (χ2v) is 27.1. The molecule has 5 saturated heterocycles. The number of carbonyl (C=O) groups excluding carboxylic acids is 6.